The lowest BCUT2D eigenvalue weighted by Gasteiger charge is -2.07. The topological polar surface area (TPSA) is 84.9 Å². The third-order valence-corrected chi connectivity index (χ3v) is 2.26. The monoisotopic (exact) mass is 265 g/mol. The Labute approximate surface area is 110 Å². The van der Waals surface area contributed by atoms with Gasteiger partial charge in [-0.3, -0.25) is 9.59 Å². The van der Waals surface area contributed by atoms with Gasteiger partial charge in [0.25, 0.3) is 0 Å². The van der Waals surface area contributed by atoms with E-state index in [9.17, 15) is 9.59 Å². The summed E-state index contributed by atoms with van der Waals surface area (Å²) in [6.45, 7) is -0.418. The Bertz CT molecular complexity index is 496. The number of hydrogen-bond donors (Lipinski definition) is 2. The molecule has 0 aromatic heterocycles. The Kier molecular flexibility index (Phi) is 5.40. The molecule has 0 spiro atoms. The summed E-state index contributed by atoms with van der Waals surface area (Å²) in [5, 5.41) is 10.6. The number of ether oxygens (including phenoxy) is 2. The van der Waals surface area contributed by atoms with E-state index in [1.165, 1.54) is 26.4 Å². The predicted molar refractivity (Wildman–Crippen MR) is 69.2 cm³/mol. The molecule has 0 unspecified atom stereocenters. The second kappa shape index (κ2) is 7.05. The van der Waals surface area contributed by atoms with Gasteiger partial charge in [0, 0.05) is 11.6 Å². The Hall–Kier alpha value is -2.50. The van der Waals surface area contributed by atoms with Gasteiger partial charge in [0.1, 0.15) is 18.0 Å². The molecule has 0 heterocycles. The van der Waals surface area contributed by atoms with Crippen LogP contribution in [0.5, 0.6) is 11.5 Å². The number of carboxylic acids is 1. The van der Waals surface area contributed by atoms with E-state index in [1.807, 2.05) is 0 Å². The summed E-state index contributed by atoms with van der Waals surface area (Å²) in [6.07, 6.45) is 2.76. The first-order chi connectivity index (χ1) is 9.06. The van der Waals surface area contributed by atoms with Gasteiger partial charge in [-0.05, 0) is 24.3 Å². The molecule has 0 aliphatic heterocycles. The fourth-order valence-corrected chi connectivity index (χ4v) is 1.36. The summed E-state index contributed by atoms with van der Waals surface area (Å²) >= 11 is 0. The lowest BCUT2D eigenvalue weighted by molar-refractivity contribution is -0.137. The van der Waals surface area contributed by atoms with E-state index < -0.39 is 18.4 Å². The molecule has 1 aromatic rings. The molecule has 1 amide bonds. The van der Waals surface area contributed by atoms with Crippen LogP contribution in [0.1, 0.15) is 5.56 Å². The summed E-state index contributed by atoms with van der Waals surface area (Å²) in [4.78, 5) is 21.6. The third kappa shape index (κ3) is 4.71. The number of aliphatic carboxylic acids is 1. The number of hydrogen-bond acceptors (Lipinski definition) is 4. The maximum atomic E-state index is 11.3. The molecule has 0 aliphatic carbocycles. The maximum Gasteiger partial charge on any atom is 0.322 e. The van der Waals surface area contributed by atoms with Gasteiger partial charge < -0.3 is 19.9 Å². The largest absolute Gasteiger partial charge is 0.497 e. The molecule has 0 radical (unpaired) electrons. The van der Waals surface area contributed by atoms with Crippen LogP contribution < -0.4 is 14.8 Å². The van der Waals surface area contributed by atoms with Crippen LogP contribution in [0.15, 0.2) is 24.3 Å². The zero-order valence-corrected chi connectivity index (χ0v) is 10.7. The summed E-state index contributed by atoms with van der Waals surface area (Å²) in [5.41, 5.74) is 0.660. The second-order valence-corrected chi connectivity index (χ2v) is 3.55. The number of benzene rings is 1. The summed E-state index contributed by atoms with van der Waals surface area (Å²) in [6, 6.07) is 5.16. The molecule has 0 saturated heterocycles. The van der Waals surface area contributed by atoms with Gasteiger partial charge in [-0.15, -0.1) is 0 Å². The Morgan fingerprint density at radius 2 is 2.05 bits per heavy atom. The minimum atomic E-state index is -1.10. The SMILES string of the molecule is COc1ccc(OC)c(/C=C\C(=O)NCC(=O)O)c1. The highest BCUT2D eigenvalue weighted by molar-refractivity contribution is 5.93. The van der Waals surface area contributed by atoms with Crippen molar-refractivity contribution in [1.29, 1.82) is 0 Å². The normalized spacial score (nSPS) is 10.2. The highest BCUT2D eigenvalue weighted by Gasteiger charge is 2.03. The molecular formula is C13H15NO5. The van der Waals surface area contributed by atoms with E-state index >= 15 is 0 Å². The lowest BCUT2D eigenvalue weighted by Crippen LogP contribution is -2.27. The van der Waals surface area contributed by atoms with Crippen molar-refractivity contribution in [2.24, 2.45) is 0 Å². The summed E-state index contributed by atoms with van der Waals surface area (Å²) in [5.74, 6) is -0.373. The van der Waals surface area contributed by atoms with Crippen LogP contribution in [0.4, 0.5) is 0 Å². The molecule has 19 heavy (non-hydrogen) atoms. The van der Waals surface area contributed by atoms with Crippen LogP contribution in [-0.2, 0) is 9.59 Å². The number of methoxy groups -OCH3 is 2. The molecule has 1 aromatic carbocycles. The first kappa shape index (κ1) is 14.6. The van der Waals surface area contributed by atoms with E-state index in [0.717, 1.165) is 0 Å². The summed E-state index contributed by atoms with van der Waals surface area (Å²) in [7, 11) is 3.05. The highest BCUT2D eigenvalue weighted by Crippen LogP contribution is 2.24. The van der Waals surface area contributed by atoms with Crippen LogP contribution >= 0.6 is 0 Å². The van der Waals surface area contributed by atoms with Crippen LogP contribution in [0, 0.1) is 0 Å². The van der Waals surface area contributed by atoms with E-state index in [1.54, 1.807) is 18.2 Å². The average Bonchev–Trinajstić information content (AvgIpc) is 2.42. The predicted octanol–water partition coefficient (Wildman–Crippen LogP) is 0.918. The Morgan fingerprint density at radius 1 is 1.32 bits per heavy atom. The van der Waals surface area contributed by atoms with Gasteiger partial charge in [-0.1, -0.05) is 0 Å². The lowest BCUT2D eigenvalue weighted by atomic mass is 10.1. The number of carbonyl (C=O) groups excluding carboxylic acids is 1. The van der Waals surface area contributed by atoms with E-state index in [4.69, 9.17) is 14.6 Å². The Balaban J connectivity index is 2.79. The van der Waals surface area contributed by atoms with Gasteiger partial charge >= 0.3 is 5.97 Å². The van der Waals surface area contributed by atoms with Crippen molar-refractivity contribution in [2.75, 3.05) is 20.8 Å². The van der Waals surface area contributed by atoms with E-state index in [-0.39, 0.29) is 0 Å². The number of carbonyl (C=O) groups is 2. The number of carboxylic acid groups (broad SMARTS) is 1. The minimum absolute atomic E-state index is 0.418. The smallest absolute Gasteiger partial charge is 0.322 e. The minimum Gasteiger partial charge on any atom is -0.497 e. The van der Waals surface area contributed by atoms with Crippen molar-refractivity contribution >= 4 is 18.0 Å². The van der Waals surface area contributed by atoms with E-state index in [0.29, 0.717) is 17.1 Å². The van der Waals surface area contributed by atoms with Gasteiger partial charge in [0.2, 0.25) is 5.91 Å². The van der Waals surface area contributed by atoms with Crippen molar-refractivity contribution < 1.29 is 24.2 Å². The van der Waals surface area contributed by atoms with Gasteiger partial charge in [-0.25, -0.2) is 0 Å². The third-order valence-electron chi connectivity index (χ3n) is 2.26. The molecule has 102 valence electrons. The van der Waals surface area contributed by atoms with Gasteiger partial charge in [0.05, 0.1) is 14.2 Å². The molecule has 1 rings (SSSR count). The van der Waals surface area contributed by atoms with Crippen LogP contribution in [0.3, 0.4) is 0 Å². The molecule has 2 N–H and O–H groups in total. The fourth-order valence-electron chi connectivity index (χ4n) is 1.36. The molecular weight excluding hydrogens is 250 g/mol. The first-order valence-electron chi connectivity index (χ1n) is 5.46. The molecule has 0 aliphatic rings. The van der Waals surface area contributed by atoms with Crippen molar-refractivity contribution in [2.45, 2.75) is 0 Å². The van der Waals surface area contributed by atoms with Crippen molar-refractivity contribution in [3.63, 3.8) is 0 Å². The Morgan fingerprint density at radius 3 is 2.63 bits per heavy atom. The zero-order chi connectivity index (χ0) is 14.3. The van der Waals surface area contributed by atoms with Crippen molar-refractivity contribution in [1.82, 2.24) is 5.32 Å². The van der Waals surface area contributed by atoms with Crippen molar-refractivity contribution in [3.8, 4) is 11.5 Å². The number of amides is 1. The standard InChI is InChI=1S/C13H15NO5/c1-18-10-4-5-11(19-2)9(7-10)3-6-12(15)14-8-13(16)17/h3-7H,8H2,1-2H3,(H,14,15)(H,16,17)/b6-3-. The molecule has 6 heteroatoms. The quantitative estimate of drug-likeness (QED) is 0.747. The molecule has 0 fully saturated rings. The molecule has 0 atom stereocenters. The molecule has 6 nitrogen and oxygen atoms in total. The van der Waals surface area contributed by atoms with Gasteiger partial charge in [0.15, 0.2) is 0 Å². The van der Waals surface area contributed by atoms with Crippen LogP contribution in [-0.4, -0.2) is 37.7 Å². The first-order valence-corrected chi connectivity index (χ1v) is 5.46. The van der Waals surface area contributed by atoms with Crippen molar-refractivity contribution in [3.05, 3.63) is 29.8 Å². The second-order valence-electron chi connectivity index (χ2n) is 3.55. The average molecular weight is 265 g/mol. The van der Waals surface area contributed by atoms with Gasteiger partial charge in [-0.2, -0.15) is 0 Å². The fraction of sp³-hybridized carbons (Fsp3) is 0.231. The zero-order valence-electron chi connectivity index (χ0n) is 10.7. The summed E-state index contributed by atoms with van der Waals surface area (Å²) < 4.78 is 10.2. The number of nitrogens with one attached hydrogen (secondary N) is 1. The number of rotatable bonds is 6. The highest BCUT2D eigenvalue weighted by atomic mass is 16.5. The molecule has 0 saturated carbocycles. The van der Waals surface area contributed by atoms with Crippen LogP contribution in [0.2, 0.25) is 0 Å². The maximum absolute atomic E-state index is 11.3. The molecule has 0 bridgehead atoms. The van der Waals surface area contributed by atoms with Crippen LogP contribution in [0.25, 0.3) is 6.08 Å². The van der Waals surface area contributed by atoms with E-state index in [2.05, 4.69) is 5.32 Å².